The fourth-order valence-corrected chi connectivity index (χ4v) is 1.94. The zero-order chi connectivity index (χ0) is 14.7. The molecule has 20 heavy (non-hydrogen) atoms. The molecular formula is C15H13ClFNO2. The van der Waals surface area contributed by atoms with Gasteiger partial charge in [-0.3, -0.25) is 4.79 Å². The van der Waals surface area contributed by atoms with Crippen molar-refractivity contribution in [2.24, 2.45) is 5.73 Å². The molecule has 5 heteroatoms. The quantitative estimate of drug-likeness (QED) is 0.938. The lowest BCUT2D eigenvalue weighted by Crippen LogP contribution is -2.11. The first-order chi connectivity index (χ1) is 9.47. The van der Waals surface area contributed by atoms with Crippen molar-refractivity contribution in [3.05, 3.63) is 63.9 Å². The molecule has 0 bridgehead atoms. The van der Waals surface area contributed by atoms with Gasteiger partial charge in [-0.05, 0) is 30.7 Å². The molecule has 0 spiro atoms. The minimum absolute atomic E-state index is 0.183. The Morgan fingerprint density at radius 2 is 2.05 bits per heavy atom. The van der Waals surface area contributed by atoms with E-state index in [1.165, 1.54) is 18.2 Å². The normalized spacial score (nSPS) is 10.3. The van der Waals surface area contributed by atoms with Gasteiger partial charge in [-0.25, -0.2) is 4.39 Å². The molecular weight excluding hydrogens is 281 g/mol. The first-order valence-corrected chi connectivity index (χ1v) is 6.32. The largest absolute Gasteiger partial charge is 0.488 e. The molecule has 0 aliphatic heterocycles. The Kier molecular flexibility index (Phi) is 4.25. The number of nitrogens with two attached hydrogens (primary N) is 1. The van der Waals surface area contributed by atoms with Crippen LogP contribution < -0.4 is 10.5 Å². The highest BCUT2D eigenvalue weighted by atomic mass is 35.5. The van der Waals surface area contributed by atoms with E-state index in [0.717, 1.165) is 5.56 Å². The number of hydrogen-bond donors (Lipinski definition) is 1. The van der Waals surface area contributed by atoms with Crippen molar-refractivity contribution < 1.29 is 13.9 Å². The smallest absolute Gasteiger partial charge is 0.248 e. The van der Waals surface area contributed by atoms with E-state index >= 15 is 0 Å². The Morgan fingerprint density at radius 3 is 2.70 bits per heavy atom. The van der Waals surface area contributed by atoms with E-state index in [-0.39, 0.29) is 12.4 Å². The molecule has 0 aromatic heterocycles. The summed E-state index contributed by atoms with van der Waals surface area (Å²) in [6.45, 7) is 2.01. The van der Waals surface area contributed by atoms with E-state index in [1.807, 2.05) is 6.92 Å². The lowest BCUT2D eigenvalue weighted by atomic mass is 10.1. The number of aryl methyl sites for hydroxylation is 1. The number of amides is 1. The van der Waals surface area contributed by atoms with Crippen molar-refractivity contribution in [3.63, 3.8) is 0 Å². The van der Waals surface area contributed by atoms with E-state index in [1.54, 1.807) is 18.2 Å². The van der Waals surface area contributed by atoms with Crippen LogP contribution in [0.15, 0.2) is 36.4 Å². The summed E-state index contributed by atoms with van der Waals surface area (Å²) in [4.78, 5) is 11.0. The van der Waals surface area contributed by atoms with Crippen LogP contribution in [0, 0.1) is 12.7 Å². The van der Waals surface area contributed by atoms with E-state index in [4.69, 9.17) is 22.1 Å². The molecule has 0 atom stereocenters. The maximum atomic E-state index is 13.1. The van der Waals surface area contributed by atoms with Crippen LogP contribution in [0.5, 0.6) is 5.75 Å². The summed E-state index contributed by atoms with van der Waals surface area (Å²) < 4.78 is 18.7. The average molecular weight is 294 g/mol. The molecule has 0 aliphatic carbocycles. The molecule has 1 amide bonds. The Balaban J connectivity index is 2.15. The summed E-state index contributed by atoms with van der Waals surface area (Å²) in [6, 6.07) is 9.06. The summed E-state index contributed by atoms with van der Waals surface area (Å²) in [6.07, 6.45) is 0. The van der Waals surface area contributed by atoms with Crippen molar-refractivity contribution >= 4 is 17.5 Å². The maximum Gasteiger partial charge on any atom is 0.248 e. The van der Waals surface area contributed by atoms with Crippen molar-refractivity contribution in [2.75, 3.05) is 0 Å². The maximum absolute atomic E-state index is 13.1. The van der Waals surface area contributed by atoms with Gasteiger partial charge in [0.2, 0.25) is 5.91 Å². The van der Waals surface area contributed by atoms with Crippen LogP contribution in [0.25, 0.3) is 0 Å². The topological polar surface area (TPSA) is 52.3 Å². The highest BCUT2D eigenvalue weighted by Gasteiger charge is 2.07. The highest BCUT2D eigenvalue weighted by Crippen LogP contribution is 2.23. The van der Waals surface area contributed by atoms with Crippen LogP contribution in [0.4, 0.5) is 4.39 Å². The molecule has 0 aliphatic rings. The first kappa shape index (κ1) is 14.3. The minimum Gasteiger partial charge on any atom is -0.488 e. The fraction of sp³-hybridized carbons (Fsp3) is 0.133. The van der Waals surface area contributed by atoms with Gasteiger partial charge in [0, 0.05) is 22.2 Å². The van der Waals surface area contributed by atoms with Gasteiger partial charge in [-0.2, -0.15) is 0 Å². The number of ether oxygens (including phenoxy) is 1. The van der Waals surface area contributed by atoms with Crippen LogP contribution in [0.3, 0.4) is 0 Å². The molecule has 3 nitrogen and oxygen atoms in total. The van der Waals surface area contributed by atoms with Gasteiger partial charge in [-0.15, -0.1) is 0 Å². The molecule has 0 fully saturated rings. The number of halogens is 2. The molecule has 2 aromatic carbocycles. The summed E-state index contributed by atoms with van der Waals surface area (Å²) in [5.41, 5.74) is 7.02. The SMILES string of the molecule is Cc1ccc(F)cc1OCc1ccc(C(N)=O)cc1Cl. The van der Waals surface area contributed by atoms with E-state index in [9.17, 15) is 9.18 Å². The van der Waals surface area contributed by atoms with Gasteiger partial charge in [0.25, 0.3) is 0 Å². The molecule has 2 aromatic rings. The van der Waals surface area contributed by atoms with Crippen LogP contribution in [-0.4, -0.2) is 5.91 Å². The lowest BCUT2D eigenvalue weighted by Gasteiger charge is -2.10. The molecule has 0 saturated heterocycles. The average Bonchev–Trinajstić information content (AvgIpc) is 2.40. The fourth-order valence-electron chi connectivity index (χ4n) is 1.70. The predicted molar refractivity (Wildman–Crippen MR) is 75.4 cm³/mol. The Hall–Kier alpha value is -2.07. The zero-order valence-corrected chi connectivity index (χ0v) is 11.6. The predicted octanol–water partition coefficient (Wildman–Crippen LogP) is 3.47. The number of hydrogen-bond acceptors (Lipinski definition) is 2. The molecule has 2 rings (SSSR count). The van der Waals surface area contributed by atoms with E-state index < -0.39 is 5.91 Å². The minimum atomic E-state index is -0.541. The van der Waals surface area contributed by atoms with Crippen molar-refractivity contribution in [2.45, 2.75) is 13.5 Å². The van der Waals surface area contributed by atoms with Gasteiger partial charge >= 0.3 is 0 Å². The van der Waals surface area contributed by atoms with E-state index in [0.29, 0.717) is 21.9 Å². The summed E-state index contributed by atoms with van der Waals surface area (Å²) in [5, 5.41) is 0.385. The lowest BCUT2D eigenvalue weighted by molar-refractivity contribution is 0.1000. The van der Waals surface area contributed by atoms with Gasteiger partial charge < -0.3 is 10.5 Å². The van der Waals surface area contributed by atoms with Crippen LogP contribution >= 0.6 is 11.6 Å². The van der Waals surface area contributed by atoms with Gasteiger partial charge in [0.05, 0.1) is 0 Å². The third kappa shape index (κ3) is 3.27. The number of rotatable bonds is 4. The van der Waals surface area contributed by atoms with Gasteiger partial charge in [0.1, 0.15) is 18.2 Å². The summed E-state index contributed by atoms with van der Waals surface area (Å²) >= 11 is 6.05. The standard InChI is InChI=1S/C15H13ClFNO2/c1-9-2-5-12(17)7-14(9)20-8-11-4-3-10(15(18)19)6-13(11)16/h2-7H,8H2,1H3,(H2,18,19). The molecule has 0 radical (unpaired) electrons. The van der Waals surface area contributed by atoms with Gasteiger partial charge in [-0.1, -0.05) is 23.7 Å². The number of primary amides is 1. The van der Waals surface area contributed by atoms with E-state index in [2.05, 4.69) is 0 Å². The zero-order valence-electron chi connectivity index (χ0n) is 10.8. The van der Waals surface area contributed by atoms with Crippen molar-refractivity contribution in [1.29, 1.82) is 0 Å². The Bertz CT molecular complexity index is 658. The second kappa shape index (κ2) is 5.92. The molecule has 0 heterocycles. The second-order valence-electron chi connectivity index (χ2n) is 4.37. The van der Waals surface area contributed by atoms with Crippen LogP contribution in [0.1, 0.15) is 21.5 Å². The Labute approximate surface area is 121 Å². The number of benzene rings is 2. The second-order valence-corrected chi connectivity index (χ2v) is 4.78. The Morgan fingerprint density at radius 1 is 1.30 bits per heavy atom. The van der Waals surface area contributed by atoms with Crippen molar-refractivity contribution in [1.82, 2.24) is 0 Å². The van der Waals surface area contributed by atoms with Crippen LogP contribution in [0.2, 0.25) is 5.02 Å². The highest BCUT2D eigenvalue weighted by molar-refractivity contribution is 6.31. The van der Waals surface area contributed by atoms with Crippen LogP contribution in [-0.2, 0) is 6.61 Å². The van der Waals surface area contributed by atoms with Crippen molar-refractivity contribution in [3.8, 4) is 5.75 Å². The molecule has 2 N–H and O–H groups in total. The number of carbonyl (C=O) groups excluding carboxylic acids is 1. The van der Waals surface area contributed by atoms with Gasteiger partial charge in [0.15, 0.2) is 0 Å². The third-order valence-corrected chi connectivity index (χ3v) is 3.22. The molecule has 0 unspecified atom stereocenters. The molecule has 0 saturated carbocycles. The summed E-state index contributed by atoms with van der Waals surface area (Å²) in [7, 11) is 0. The monoisotopic (exact) mass is 293 g/mol. The third-order valence-electron chi connectivity index (χ3n) is 2.87. The molecule has 104 valence electrons. The summed E-state index contributed by atoms with van der Waals surface area (Å²) in [5.74, 6) is -0.443. The first-order valence-electron chi connectivity index (χ1n) is 5.94. The number of carbonyl (C=O) groups is 1.